The van der Waals surface area contributed by atoms with Gasteiger partial charge in [-0.25, -0.2) is 8.78 Å². The Labute approximate surface area is 101 Å². The van der Waals surface area contributed by atoms with Gasteiger partial charge in [-0.1, -0.05) is 43.5 Å². The van der Waals surface area contributed by atoms with E-state index in [2.05, 4.69) is 0 Å². The van der Waals surface area contributed by atoms with Gasteiger partial charge < -0.3 is 5.73 Å². The maximum Gasteiger partial charge on any atom is 0.264 e. The second kappa shape index (κ2) is 5.13. The van der Waals surface area contributed by atoms with Crippen LogP contribution in [0.5, 0.6) is 0 Å². The Morgan fingerprint density at radius 3 is 2.35 bits per heavy atom. The first kappa shape index (κ1) is 12.5. The SMILES string of the molecule is NCC1(c2ccccc2C(F)F)CCCCC1. The summed E-state index contributed by atoms with van der Waals surface area (Å²) in [5.74, 6) is 0. The summed E-state index contributed by atoms with van der Waals surface area (Å²) in [6, 6.07) is 6.89. The van der Waals surface area contributed by atoms with Crippen LogP contribution in [0.15, 0.2) is 24.3 Å². The second-order valence-electron chi connectivity index (χ2n) is 4.93. The van der Waals surface area contributed by atoms with E-state index in [1.54, 1.807) is 6.07 Å². The maximum atomic E-state index is 13.0. The van der Waals surface area contributed by atoms with Gasteiger partial charge in [0.05, 0.1) is 0 Å². The van der Waals surface area contributed by atoms with Crippen LogP contribution < -0.4 is 5.73 Å². The van der Waals surface area contributed by atoms with Gasteiger partial charge in [0.25, 0.3) is 6.43 Å². The van der Waals surface area contributed by atoms with Crippen molar-refractivity contribution in [3.8, 4) is 0 Å². The van der Waals surface area contributed by atoms with E-state index < -0.39 is 6.43 Å². The Morgan fingerprint density at radius 2 is 1.76 bits per heavy atom. The number of alkyl halides is 2. The van der Waals surface area contributed by atoms with Crippen LogP contribution in [0.4, 0.5) is 8.78 Å². The molecule has 1 saturated carbocycles. The van der Waals surface area contributed by atoms with Gasteiger partial charge >= 0.3 is 0 Å². The molecule has 1 aliphatic carbocycles. The van der Waals surface area contributed by atoms with Gasteiger partial charge in [-0.3, -0.25) is 0 Å². The monoisotopic (exact) mass is 239 g/mol. The molecule has 0 radical (unpaired) electrons. The molecule has 1 nitrogen and oxygen atoms in total. The highest BCUT2D eigenvalue weighted by atomic mass is 19.3. The number of hydrogen-bond donors (Lipinski definition) is 1. The summed E-state index contributed by atoms with van der Waals surface area (Å²) in [6.45, 7) is 0.469. The molecule has 0 aromatic heterocycles. The number of rotatable bonds is 3. The van der Waals surface area contributed by atoms with Gasteiger partial charge in [-0.05, 0) is 18.4 Å². The molecule has 2 N–H and O–H groups in total. The fourth-order valence-corrected chi connectivity index (χ4v) is 2.98. The third kappa shape index (κ3) is 2.34. The molecule has 0 atom stereocenters. The van der Waals surface area contributed by atoms with Gasteiger partial charge in [0.2, 0.25) is 0 Å². The molecule has 2 rings (SSSR count). The Balaban J connectivity index is 2.42. The minimum atomic E-state index is -2.41. The average Bonchev–Trinajstić information content (AvgIpc) is 2.39. The lowest BCUT2D eigenvalue weighted by Crippen LogP contribution is -2.38. The Hall–Kier alpha value is -0.960. The smallest absolute Gasteiger partial charge is 0.264 e. The second-order valence-corrected chi connectivity index (χ2v) is 4.93. The molecule has 0 spiro atoms. The summed E-state index contributed by atoms with van der Waals surface area (Å²) < 4.78 is 26.1. The molecule has 0 unspecified atom stereocenters. The lowest BCUT2D eigenvalue weighted by molar-refractivity contribution is 0.146. The summed E-state index contributed by atoms with van der Waals surface area (Å²) >= 11 is 0. The molecule has 0 heterocycles. The maximum absolute atomic E-state index is 13.0. The number of hydrogen-bond acceptors (Lipinski definition) is 1. The molecule has 3 heteroatoms. The van der Waals surface area contributed by atoms with E-state index in [1.165, 1.54) is 12.5 Å². The van der Waals surface area contributed by atoms with Crippen LogP contribution in [0.2, 0.25) is 0 Å². The first-order valence-corrected chi connectivity index (χ1v) is 6.27. The highest BCUT2D eigenvalue weighted by Gasteiger charge is 2.35. The lowest BCUT2D eigenvalue weighted by atomic mass is 9.68. The predicted molar refractivity (Wildman–Crippen MR) is 65.2 cm³/mol. The molecule has 1 aromatic rings. The molecule has 0 amide bonds. The van der Waals surface area contributed by atoms with Crippen LogP contribution in [0.25, 0.3) is 0 Å². The first-order chi connectivity index (χ1) is 8.19. The normalized spacial score (nSPS) is 19.5. The number of benzene rings is 1. The van der Waals surface area contributed by atoms with Gasteiger partial charge in [0, 0.05) is 17.5 Å². The van der Waals surface area contributed by atoms with Crippen molar-refractivity contribution in [2.45, 2.75) is 43.9 Å². The molecule has 1 aromatic carbocycles. The molecule has 0 bridgehead atoms. The zero-order valence-electron chi connectivity index (χ0n) is 9.96. The molecule has 0 aliphatic heterocycles. The fourth-order valence-electron chi connectivity index (χ4n) is 2.98. The summed E-state index contributed by atoms with van der Waals surface area (Å²) in [7, 11) is 0. The van der Waals surface area contributed by atoms with E-state index in [1.807, 2.05) is 12.1 Å². The molecule has 94 valence electrons. The van der Waals surface area contributed by atoms with Gasteiger partial charge in [0.15, 0.2) is 0 Å². The fraction of sp³-hybridized carbons (Fsp3) is 0.571. The van der Waals surface area contributed by atoms with Crippen molar-refractivity contribution >= 4 is 0 Å². The summed E-state index contributed by atoms with van der Waals surface area (Å²) in [5, 5.41) is 0. The summed E-state index contributed by atoms with van der Waals surface area (Å²) in [5.41, 5.74) is 6.62. The van der Waals surface area contributed by atoms with Crippen molar-refractivity contribution < 1.29 is 8.78 Å². The van der Waals surface area contributed by atoms with Crippen LogP contribution in [0.3, 0.4) is 0 Å². The van der Waals surface area contributed by atoms with Crippen LogP contribution >= 0.6 is 0 Å². The van der Waals surface area contributed by atoms with Crippen LogP contribution in [0, 0.1) is 0 Å². The number of halogens is 2. The Morgan fingerprint density at radius 1 is 1.12 bits per heavy atom. The number of nitrogens with two attached hydrogens (primary N) is 1. The van der Waals surface area contributed by atoms with Gasteiger partial charge in [-0.2, -0.15) is 0 Å². The molecule has 17 heavy (non-hydrogen) atoms. The van der Waals surface area contributed by atoms with Crippen LogP contribution in [-0.2, 0) is 5.41 Å². The average molecular weight is 239 g/mol. The molecule has 0 saturated heterocycles. The van der Waals surface area contributed by atoms with Gasteiger partial charge in [-0.15, -0.1) is 0 Å². The van der Waals surface area contributed by atoms with Gasteiger partial charge in [0.1, 0.15) is 0 Å². The molecular formula is C14H19F2N. The van der Waals surface area contributed by atoms with E-state index >= 15 is 0 Å². The van der Waals surface area contributed by atoms with Crippen molar-refractivity contribution in [2.24, 2.45) is 5.73 Å². The van der Waals surface area contributed by atoms with Crippen molar-refractivity contribution in [1.29, 1.82) is 0 Å². The largest absolute Gasteiger partial charge is 0.330 e. The summed E-state index contributed by atoms with van der Waals surface area (Å²) in [4.78, 5) is 0. The topological polar surface area (TPSA) is 26.0 Å². The predicted octanol–water partition coefficient (Wildman–Crippen LogP) is 3.78. The lowest BCUT2D eigenvalue weighted by Gasteiger charge is -2.38. The van der Waals surface area contributed by atoms with Crippen molar-refractivity contribution in [2.75, 3.05) is 6.54 Å². The standard InChI is InChI=1S/C14H19F2N/c15-13(16)11-6-2-3-7-12(11)14(10-17)8-4-1-5-9-14/h2-3,6-7,13H,1,4-5,8-10,17H2. The van der Waals surface area contributed by atoms with E-state index in [9.17, 15) is 8.78 Å². The zero-order valence-corrected chi connectivity index (χ0v) is 9.96. The summed E-state index contributed by atoms with van der Waals surface area (Å²) in [6.07, 6.45) is 2.85. The van der Waals surface area contributed by atoms with E-state index in [0.717, 1.165) is 31.2 Å². The van der Waals surface area contributed by atoms with E-state index in [-0.39, 0.29) is 11.0 Å². The minimum absolute atomic E-state index is 0.167. The van der Waals surface area contributed by atoms with Crippen molar-refractivity contribution in [3.63, 3.8) is 0 Å². The molecule has 1 aliphatic rings. The van der Waals surface area contributed by atoms with E-state index in [0.29, 0.717) is 6.54 Å². The molecule has 1 fully saturated rings. The minimum Gasteiger partial charge on any atom is -0.330 e. The Bertz CT molecular complexity index is 370. The molecular weight excluding hydrogens is 220 g/mol. The third-order valence-electron chi connectivity index (χ3n) is 3.97. The third-order valence-corrected chi connectivity index (χ3v) is 3.97. The van der Waals surface area contributed by atoms with Crippen LogP contribution in [-0.4, -0.2) is 6.54 Å². The Kier molecular flexibility index (Phi) is 3.77. The quantitative estimate of drug-likeness (QED) is 0.853. The van der Waals surface area contributed by atoms with E-state index in [4.69, 9.17) is 5.73 Å². The highest BCUT2D eigenvalue weighted by molar-refractivity contribution is 5.36. The van der Waals surface area contributed by atoms with Crippen LogP contribution in [0.1, 0.15) is 49.7 Å². The first-order valence-electron chi connectivity index (χ1n) is 6.27. The van der Waals surface area contributed by atoms with Crippen molar-refractivity contribution in [3.05, 3.63) is 35.4 Å². The zero-order chi connectivity index (χ0) is 12.3. The highest BCUT2D eigenvalue weighted by Crippen LogP contribution is 2.42. The van der Waals surface area contributed by atoms with Crippen molar-refractivity contribution in [1.82, 2.24) is 0 Å².